The molecule has 2 unspecified atom stereocenters. The second-order valence-electron chi connectivity index (χ2n) is 9.46. The molecule has 0 aliphatic heterocycles. The zero-order valence-corrected chi connectivity index (χ0v) is 18.8. The van der Waals surface area contributed by atoms with Crippen LogP contribution in [0.2, 0.25) is 0 Å². The van der Waals surface area contributed by atoms with Crippen molar-refractivity contribution >= 4 is 15.9 Å². The average molecular weight is 428 g/mol. The third-order valence-electron chi connectivity index (χ3n) is 6.23. The molecule has 6 heteroatoms. The molecule has 2 atom stereocenters. The highest BCUT2D eigenvalue weighted by atomic mass is 32.2. The fraction of sp³-hybridized carbons (Fsp3) is 0.458. The van der Waals surface area contributed by atoms with Crippen LogP contribution in [0.25, 0.3) is 0 Å². The average Bonchev–Trinajstić information content (AvgIpc) is 3.41. The van der Waals surface area contributed by atoms with Crippen LogP contribution in [0.4, 0.5) is 4.79 Å². The van der Waals surface area contributed by atoms with Gasteiger partial charge in [-0.3, -0.25) is 0 Å². The first-order valence-corrected chi connectivity index (χ1v) is 11.9. The molecule has 2 aliphatic rings. The summed E-state index contributed by atoms with van der Waals surface area (Å²) in [7, 11) is -1.74. The third-order valence-corrected chi connectivity index (χ3v) is 8.00. The maximum absolute atomic E-state index is 13.0. The van der Waals surface area contributed by atoms with E-state index in [2.05, 4.69) is 0 Å². The Balaban J connectivity index is 1.62. The number of sulfone groups is 1. The van der Waals surface area contributed by atoms with E-state index in [0.717, 1.165) is 31.2 Å². The topological polar surface area (TPSA) is 63.7 Å². The maximum atomic E-state index is 13.0. The van der Waals surface area contributed by atoms with E-state index in [0.29, 0.717) is 9.79 Å². The standard InChI is InChI=1S/C24H29NO4S/c1-23(2,3)29-22(26)25(4)21-16-24(21)14-8-9-17-15-19(12-13-20(17)24)30(27,28)18-10-6-5-7-11-18/h5-7,10-13,15,21H,8-9,14,16H2,1-4H3. The third kappa shape index (κ3) is 3.62. The number of fused-ring (bicyclic) bond motifs is 2. The van der Waals surface area contributed by atoms with Crippen LogP contribution in [0.5, 0.6) is 0 Å². The molecule has 2 aromatic carbocycles. The van der Waals surface area contributed by atoms with Gasteiger partial charge in [0, 0.05) is 18.5 Å². The SMILES string of the molecule is CN(C(=O)OC(C)(C)C)C1CC12CCCc1cc(S(=O)(=O)c3ccccc3)ccc12. The summed E-state index contributed by atoms with van der Waals surface area (Å²) in [5.74, 6) is 0. The van der Waals surface area contributed by atoms with Gasteiger partial charge in [-0.05, 0) is 81.8 Å². The van der Waals surface area contributed by atoms with Crippen LogP contribution in [-0.4, -0.2) is 38.1 Å². The van der Waals surface area contributed by atoms with Crippen LogP contribution < -0.4 is 0 Å². The fourth-order valence-electron chi connectivity index (χ4n) is 4.71. The molecule has 5 nitrogen and oxygen atoms in total. The Hall–Kier alpha value is -2.34. The number of aryl methyl sites for hydroxylation is 1. The summed E-state index contributed by atoms with van der Waals surface area (Å²) >= 11 is 0. The largest absolute Gasteiger partial charge is 0.444 e. The highest BCUT2D eigenvalue weighted by molar-refractivity contribution is 7.91. The van der Waals surface area contributed by atoms with Crippen molar-refractivity contribution in [3.8, 4) is 0 Å². The number of likely N-dealkylation sites (N-methyl/N-ethyl adjacent to an activating group) is 1. The van der Waals surface area contributed by atoms with Crippen molar-refractivity contribution in [2.24, 2.45) is 0 Å². The predicted molar refractivity (Wildman–Crippen MR) is 115 cm³/mol. The lowest BCUT2D eigenvalue weighted by Gasteiger charge is -2.31. The van der Waals surface area contributed by atoms with E-state index in [1.54, 1.807) is 42.3 Å². The summed E-state index contributed by atoms with van der Waals surface area (Å²) in [6.45, 7) is 5.60. The second-order valence-corrected chi connectivity index (χ2v) is 11.4. The van der Waals surface area contributed by atoms with E-state index >= 15 is 0 Å². The molecule has 2 aromatic rings. The van der Waals surface area contributed by atoms with Crippen molar-refractivity contribution in [1.82, 2.24) is 4.90 Å². The summed E-state index contributed by atoms with van der Waals surface area (Å²) < 4.78 is 31.6. The summed E-state index contributed by atoms with van der Waals surface area (Å²) in [5, 5.41) is 0. The van der Waals surface area contributed by atoms with Gasteiger partial charge in [-0.15, -0.1) is 0 Å². The first kappa shape index (κ1) is 20.9. The second kappa shape index (κ2) is 7.12. The number of carbonyl (C=O) groups excluding carboxylic acids is 1. The van der Waals surface area contributed by atoms with Crippen LogP contribution >= 0.6 is 0 Å². The number of hydrogen-bond donors (Lipinski definition) is 0. The van der Waals surface area contributed by atoms with E-state index < -0.39 is 15.4 Å². The molecule has 1 fully saturated rings. The number of hydrogen-bond acceptors (Lipinski definition) is 4. The van der Waals surface area contributed by atoms with E-state index in [-0.39, 0.29) is 17.6 Å². The first-order valence-electron chi connectivity index (χ1n) is 10.4. The van der Waals surface area contributed by atoms with E-state index in [4.69, 9.17) is 4.74 Å². The molecule has 0 heterocycles. The minimum atomic E-state index is -3.54. The Morgan fingerprint density at radius 2 is 1.80 bits per heavy atom. The quantitative estimate of drug-likeness (QED) is 0.710. The highest BCUT2D eigenvalue weighted by Gasteiger charge is 2.60. The van der Waals surface area contributed by atoms with Crippen LogP contribution in [0.3, 0.4) is 0 Å². The predicted octanol–water partition coefficient (Wildman–Crippen LogP) is 4.73. The van der Waals surface area contributed by atoms with Crippen molar-refractivity contribution in [2.75, 3.05) is 7.05 Å². The minimum absolute atomic E-state index is 0.0861. The number of rotatable bonds is 3. The molecule has 0 N–H and O–H groups in total. The molecule has 30 heavy (non-hydrogen) atoms. The van der Waals surface area contributed by atoms with Gasteiger partial charge in [0.2, 0.25) is 9.84 Å². The van der Waals surface area contributed by atoms with Gasteiger partial charge in [0.15, 0.2) is 0 Å². The number of benzene rings is 2. The van der Waals surface area contributed by atoms with Gasteiger partial charge in [0.1, 0.15) is 5.60 Å². The van der Waals surface area contributed by atoms with Gasteiger partial charge < -0.3 is 9.64 Å². The van der Waals surface area contributed by atoms with E-state index in [1.807, 2.05) is 39.0 Å². The summed E-state index contributed by atoms with van der Waals surface area (Å²) in [6, 6.07) is 14.1. The fourth-order valence-corrected chi connectivity index (χ4v) is 6.04. The van der Waals surface area contributed by atoms with Gasteiger partial charge in [-0.2, -0.15) is 0 Å². The molecule has 1 amide bonds. The van der Waals surface area contributed by atoms with Crippen molar-refractivity contribution in [2.45, 2.75) is 73.3 Å². The molecule has 1 spiro atoms. The summed E-state index contributed by atoms with van der Waals surface area (Å²) in [6.07, 6.45) is 3.43. The zero-order valence-electron chi connectivity index (χ0n) is 18.0. The van der Waals surface area contributed by atoms with Crippen molar-refractivity contribution in [3.05, 3.63) is 59.7 Å². The Bertz CT molecular complexity index is 1070. The summed E-state index contributed by atoms with van der Waals surface area (Å²) in [4.78, 5) is 14.9. The maximum Gasteiger partial charge on any atom is 0.410 e. The molecule has 0 saturated heterocycles. The lowest BCUT2D eigenvalue weighted by Crippen LogP contribution is -2.38. The number of ether oxygens (including phenoxy) is 1. The van der Waals surface area contributed by atoms with Gasteiger partial charge in [0.05, 0.1) is 9.79 Å². The van der Waals surface area contributed by atoms with E-state index in [9.17, 15) is 13.2 Å². The molecule has 4 rings (SSSR count). The monoisotopic (exact) mass is 427 g/mol. The highest BCUT2D eigenvalue weighted by Crippen LogP contribution is 2.58. The lowest BCUT2D eigenvalue weighted by molar-refractivity contribution is 0.0270. The van der Waals surface area contributed by atoms with Crippen LogP contribution in [0.1, 0.15) is 51.2 Å². The minimum Gasteiger partial charge on any atom is -0.444 e. The zero-order chi connectivity index (χ0) is 21.7. The van der Waals surface area contributed by atoms with Gasteiger partial charge in [-0.25, -0.2) is 13.2 Å². The van der Waals surface area contributed by atoms with E-state index in [1.165, 1.54) is 5.56 Å². The summed E-state index contributed by atoms with van der Waals surface area (Å²) in [5.41, 5.74) is 1.65. The Morgan fingerprint density at radius 1 is 1.10 bits per heavy atom. The number of carbonyl (C=O) groups is 1. The molecule has 1 saturated carbocycles. The Kier molecular flexibility index (Phi) is 4.96. The van der Waals surface area contributed by atoms with Crippen molar-refractivity contribution < 1.29 is 17.9 Å². The van der Waals surface area contributed by atoms with Gasteiger partial charge in [-0.1, -0.05) is 24.3 Å². The van der Waals surface area contributed by atoms with Gasteiger partial charge >= 0.3 is 6.09 Å². The lowest BCUT2D eigenvalue weighted by atomic mass is 9.79. The Labute approximate surface area is 179 Å². The van der Waals surface area contributed by atoms with Crippen LogP contribution in [-0.2, 0) is 26.4 Å². The molecular weight excluding hydrogens is 398 g/mol. The Morgan fingerprint density at radius 3 is 2.47 bits per heavy atom. The number of nitrogens with zero attached hydrogens (tertiary/aromatic N) is 1. The van der Waals surface area contributed by atoms with Crippen molar-refractivity contribution in [1.29, 1.82) is 0 Å². The molecule has 0 aromatic heterocycles. The van der Waals surface area contributed by atoms with Gasteiger partial charge in [0.25, 0.3) is 0 Å². The van der Waals surface area contributed by atoms with Crippen LogP contribution in [0.15, 0.2) is 58.3 Å². The smallest absolute Gasteiger partial charge is 0.410 e. The number of amides is 1. The molecule has 0 bridgehead atoms. The molecule has 2 aliphatic carbocycles. The molecule has 0 radical (unpaired) electrons. The first-order chi connectivity index (χ1) is 14.0. The van der Waals surface area contributed by atoms with Crippen molar-refractivity contribution in [3.63, 3.8) is 0 Å². The van der Waals surface area contributed by atoms with Crippen LogP contribution in [0, 0.1) is 0 Å². The molecular formula is C24H29NO4S. The normalized spacial score (nSPS) is 23.0. The molecule has 160 valence electrons.